The number of nitrogens with zero attached hydrogens (tertiary/aromatic N) is 2. The van der Waals surface area contributed by atoms with Crippen molar-refractivity contribution in [2.75, 3.05) is 0 Å². The summed E-state index contributed by atoms with van der Waals surface area (Å²) in [5, 5.41) is -0.471. The fourth-order valence-electron chi connectivity index (χ4n) is 2.69. The van der Waals surface area contributed by atoms with Crippen molar-refractivity contribution in [2.24, 2.45) is 0 Å². The van der Waals surface area contributed by atoms with Crippen LogP contribution in [-0.4, -0.2) is 23.9 Å². The number of imidazole rings is 1. The van der Waals surface area contributed by atoms with E-state index in [9.17, 15) is 35.2 Å². The van der Waals surface area contributed by atoms with Gasteiger partial charge in [0.15, 0.2) is 0 Å². The van der Waals surface area contributed by atoms with Crippen LogP contribution in [0.4, 0.5) is 22.0 Å². The molecule has 0 atom stereocenters. The van der Waals surface area contributed by atoms with Crippen molar-refractivity contribution < 1.29 is 35.2 Å². The van der Waals surface area contributed by atoms with Gasteiger partial charge in [-0.15, -0.1) is 0 Å². The van der Waals surface area contributed by atoms with E-state index in [4.69, 9.17) is 11.6 Å². The summed E-state index contributed by atoms with van der Waals surface area (Å²) in [5.41, 5.74) is -2.08. The zero-order valence-electron chi connectivity index (χ0n) is 15.3. The Hall–Kier alpha value is -2.99. The number of benzene rings is 2. The van der Waals surface area contributed by atoms with E-state index in [1.54, 1.807) is 4.72 Å². The quantitative estimate of drug-likeness (QED) is 0.567. The molecule has 6 nitrogen and oxygen atoms in total. The molecule has 0 spiro atoms. The lowest BCUT2D eigenvalue weighted by Gasteiger charge is -2.11. The Morgan fingerprint density at radius 2 is 1.84 bits per heavy atom. The minimum Gasteiger partial charge on any atom is -0.303 e. The van der Waals surface area contributed by atoms with Crippen LogP contribution in [0.3, 0.4) is 0 Å². The molecular formula is C18H11ClF5N3O3S. The Labute approximate surface area is 177 Å². The van der Waals surface area contributed by atoms with Gasteiger partial charge >= 0.3 is 6.18 Å². The third-order valence-electron chi connectivity index (χ3n) is 4.02. The van der Waals surface area contributed by atoms with Crippen molar-refractivity contribution in [3.63, 3.8) is 0 Å². The zero-order valence-corrected chi connectivity index (χ0v) is 16.9. The number of hydrogen-bond donors (Lipinski definition) is 1. The largest absolute Gasteiger partial charge is 0.416 e. The second kappa shape index (κ2) is 7.93. The second-order valence-corrected chi connectivity index (χ2v) is 8.25. The second-order valence-electron chi connectivity index (χ2n) is 6.22. The molecule has 164 valence electrons. The van der Waals surface area contributed by atoms with Gasteiger partial charge in [0.1, 0.15) is 28.0 Å². The molecule has 1 aromatic heterocycles. The third kappa shape index (κ3) is 4.69. The molecule has 0 aliphatic rings. The number of halogens is 6. The lowest BCUT2D eigenvalue weighted by Crippen LogP contribution is -2.31. The first-order chi connectivity index (χ1) is 14.3. The van der Waals surface area contributed by atoms with Crippen molar-refractivity contribution in [1.82, 2.24) is 14.3 Å². The molecule has 0 aliphatic heterocycles. The van der Waals surface area contributed by atoms with Crippen LogP contribution in [-0.2, 0) is 16.2 Å². The Morgan fingerprint density at radius 3 is 2.45 bits per heavy atom. The molecule has 0 fully saturated rings. The van der Waals surface area contributed by atoms with Gasteiger partial charge in [0.25, 0.3) is 15.9 Å². The van der Waals surface area contributed by atoms with Crippen LogP contribution in [0.25, 0.3) is 5.69 Å². The van der Waals surface area contributed by atoms with Crippen molar-refractivity contribution in [3.05, 3.63) is 76.3 Å². The van der Waals surface area contributed by atoms with Gasteiger partial charge in [-0.05, 0) is 37.3 Å². The topological polar surface area (TPSA) is 81.1 Å². The van der Waals surface area contributed by atoms with Gasteiger partial charge in [-0.25, -0.2) is 26.9 Å². The normalized spacial score (nSPS) is 12.1. The van der Waals surface area contributed by atoms with Crippen molar-refractivity contribution >= 4 is 27.5 Å². The van der Waals surface area contributed by atoms with E-state index < -0.39 is 54.9 Å². The van der Waals surface area contributed by atoms with Gasteiger partial charge in [0.2, 0.25) is 0 Å². The van der Waals surface area contributed by atoms with Crippen molar-refractivity contribution in [2.45, 2.75) is 18.0 Å². The first kappa shape index (κ1) is 22.7. The maximum atomic E-state index is 13.9. The van der Waals surface area contributed by atoms with Crippen molar-refractivity contribution in [1.29, 1.82) is 0 Å². The van der Waals surface area contributed by atoms with Crippen LogP contribution in [0.1, 0.15) is 21.9 Å². The molecule has 1 amide bonds. The minimum absolute atomic E-state index is 0.0369. The Morgan fingerprint density at radius 1 is 1.16 bits per heavy atom. The molecule has 3 rings (SSSR count). The lowest BCUT2D eigenvalue weighted by atomic mass is 10.2. The zero-order chi connectivity index (χ0) is 23.1. The summed E-state index contributed by atoms with van der Waals surface area (Å²) in [6.07, 6.45) is -3.91. The van der Waals surface area contributed by atoms with Crippen LogP contribution in [0.15, 0.2) is 47.5 Å². The molecule has 0 radical (unpaired) electrons. The molecule has 0 bridgehead atoms. The van der Waals surface area contributed by atoms with Gasteiger partial charge in [0, 0.05) is 6.20 Å². The highest BCUT2D eigenvalue weighted by Crippen LogP contribution is 2.31. The Balaban J connectivity index is 1.96. The Bertz CT molecular complexity index is 1270. The standard InChI is InChI=1S/C18H11ClF5N3O3S/c1-9-25-15(8-27(9)12-6-10(18(22,23)24)5-11(20)7-12)17(28)26-31(29,30)16-13(19)3-2-4-14(16)21/h2-8H,1H3,(H,26,28). The number of carbonyl (C=O) groups is 1. The maximum absolute atomic E-state index is 13.9. The van der Waals surface area contributed by atoms with Crippen LogP contribution >= 0.6 is 11.6 Å². The number of aromatic nitrogens is 2. The number of carbonyl (C=O) groups excluding carboxylic acids is 1. The summed E-state index contributed by atoms with van der Waals surface area (Å²) in [7, 11) is -4.73. The van der Waals surface area contributed by atoms with E-state index in [0.717, 1.165) is 35.0 Å². The predicted molar refractivity (Wildman–Crippen MR) is 99.3 cm³/mol. The first-order valence-electron chi connectivity index (χ1n) is 8.25. The molecule has 0 saturated heterocycles. The minimum atomic E-state index is -4.82. The highest BCUT2D eigenvalue weighted by Gasteiger charge is 2.32. The summed E-state index contributed by atoms with van der Waals surface area (Å²) in [5.74, 6) is -3.71. The maximum Gasteiger partial charge on any atom is 0.416 e. The molecule has 0 saturated carbocycles. The Kier molecular flexibility index (Phi) is 5.80. The molecule has 0 unspecified atom stereocenters. The molecule has 0 aliphatic carbocycles. The summed E-state index contributed by atoms with van der Waals surface area (Å²) < 4.78 is 93.7. The van der Waals surface area contributed by atoms with E-state index in [0.29, 0.717) is 12.1 Å². The number of alkyl halides is 3. The predicted octanol–water partition coefficient (Wildman–Crippen LogP) is 4.25. The molecular weight excluding hydrogens is 469 g/mol. The summed E-state index contributed by atoms with van der Waals surface area (Å²) in [6.45, 7) is 1.30. The van der Waals surface area contributed by atoms with E-state index in [1.165, 1.54) is 6.92 Å². The number of aryl methyl sites for hydroxylation is 1. The number of sulfonamides is 1. The molecule has 2 aromatic carbocycles. The highest BCUT2D eigenvalue weighted by atomic mass is 35.5. The molecule has 1 heterocycles. The van der Waals surface area contributed by atoms with Gasteiger partial charge < -0.3 is 4.57 Å². The van der Waals surface area contributed by atoms with E-state index >= 15 is 0 Å². The van der Waals surface area contributed by atoms with Crippen molar-refractivity contribution in [3.8, 4) is 5.69 Å². The fourth-order valence-corrected chi connectivity index (χ4v) is 4.25. The summed E-state index contributed by atoms with van der Waals surface area (Å²) >= 11 is 5.70. The summed E-state index contributed by atoms with van der Waals surface area (Å²) in [6, 6.07) is 4.80. The number of amides is 1. The van der Waals surface area contributed by atoms with Gasteiger partial charge in [-0.3, -0.25) is 4.79 Å². The van der Waals surface area contributed by atoms with Crippen LogP contribution in [0.5, 0.6) is 0 Å². The molecule has 13 heteroatoms. The number of hydrogen-bond acceptors (Lipinski definition) is 4. The monoisotopic (exact) mass is 479 g/mol. The number of nitrogens with one attached hydrogen (secondary N) is 1. The summed E-state index contributed by atoms with van der Waals surface area (Å²) in [4.78, 5) is 15.2. The van der Waals surface area contributed by atoms with Crippen LogP contribution in [0, 0.1) is 18.6 Å². The molecule has 1 N–H and O–H groups in total. The van der Waals surface area contributed by atoms with E-state index in [-0.39, 0.29) is 11.5 Å². The van der Waals surface area contributed by atoms with Gasteiger partial charge in [0.05, 0.1) is 16.3 Å². The smallest absolute Gasteiger partial charge is 0.303 e. The highest BCUT2D eigenvalue weighted by molar-refractivity contribution is 7.90. The first-order valence-corrected chi connectivity index (χ1v) is 10.1. The number of rotatable bonds is 4. The molecule has 3 aromatic rings. The molecule has 31 heavy (non-hydrogen) atoms. The fraction of sp³-hybridized carbons (Fsp3) is 0.111. The van der Waals surface area contributed by atoms with Crippen LogP contribution < -0.4 is 4.72 Å². The average molecular weight is 480 g/mol. The SMILES string of the molecule is Cc1nc(C(=O)NS(=O)(=O)c2c(F)cccc2Cl)cn1-c1cc(F)cc(C(F)(F)F)c1. The van der Waals surface area contributed by atoms with Gasteiger partial charge in [-0.2, -0.15) is 13.2 Å². The third-order valence-corrected chi connectivity index (χ3v) is 5.85. The van der Waals surface area contributed by atoms with E-state index in [1.807, 2.05) is 0 Å². The average Bonchev–Trinajstić information content (AvgIpc) is 3.01. The lowest BCUT2D eigenvalue weighted by molar-refractivity contribution is -0.137. The van der Waals surface area contributed by atoms with E-state index in [2.05, 4.69) is 4.98 Å². The van der Waals surface area contributed by atoms with Crippen LogP contribution in [0.2, 0.25) is 5.02 Å². The van der Waals surface area contributed by atoms with Gasteiger partial charge in [-0.1, -0.05) is 17.7 Å².